The lowest BCUT2D eigenvalue weighted by molar-refractivity contribution is -0.134. The molecule has 1 heterocycles. The van der Waals surface area contributed by atoms with Crippen molar-refractivity contribution in [3.63, 3.8) is 0 Å². The highest BCUT2D eigenvalue weighted by Crippen LogP contribution is 2.40. The van der Waals surface area contributed by atoms with Crippen molar-refractivity contribution in [2.24, 2.45) is 21.9 Å². The first-order valence-electron chi connectivity index (χ1n) is 9.65. The Morgan fingerprint density at radius 2 is 1.89 bits per heavy atom. The number of aliphatic imine (C=N–C) groups is 1. The number of hydrogen-bond donors (Lipinski definition) is 1. The summed E-state index contributed by atoms with van der Waals surface area (Å²) in [7, 11) is 0. The van der Waals surface area contributed by atoms with Gasteiger partial charge in [-0.2, -0.15) is 5.10 Å². The number of ether oxygens (including phenoxy) is 2. The van der Waals surface area contributed by atoms with E-state index in [-0.39, 0.29) is 30.5 Å². The minimum atomic E-state index is -0.564. The Balaban J connectivity index is 2.08. The molecule has 1 saturated carbocycles. The van der Waals surface area contributed by atoms with Gasteiger partial charge in [-0.3, -0.25) is 4.99 Å². The van der Waals surface area contributed by atoms with Crippen LogP contribution >= 0.6 is 0 Å². The van der Waals surface area contributed by atoms with Crippen molar-refractivity contribution < 1.29 is 19.1 Å². The molecular formula is C19H32N4O4. The molecule has 0 aromatic rings. The van der Waals surface area contributed by atoms with Crippen LogP contribution in [0.3, 0.4) is 0 Å². The number of likely N-dealkylation sites (tertiary alicyclic amines) is 1. The van der Waals surface area contributed by atoms with Gasteiger partial charge in [0.15, 0.2) is 5.71 Å². The van der Waals surface area contributed by atoms with Gasteiger partial charge in [0.1, 0.15) is 5.60 Å². The zero-order valence-electron chi connectivity index (χ0n) is 17.0. The van der Waals surface area contributed by atoms with Crippen LogP contribution in [0, 0.1) is 5.92 Å². The molecule has 2 unspecified atom stereocenters. The van der Waals surface area contributed by atoms with E-state index in [1.165, 1.54) is 0 Å². The van der Waals surface area contributed by atoms with E-state index in [1.54, 1.807) is 13.8 Å². The number of hydrogen-bond acceptors (Lipinski definition) is 7. The van der Waals surface area contributed by atoms with Gasteiger partial charge in [0, 0.05) is 12.6 Å². The molecule has 2 aliphatic rings. The van der Waals surface area contributed by atoms with Gasteiger partial charge in [0.2, 0.25) is 0 Å². The van der Waals surface area contributed by atoms with Crippen LogP contribution in [-0.4, -0.2) is 59.2 Å². The Labute approximate surface area is 161 Å². The normalized spacial score (nSPS) is 24.6. The molecule has 8 nitrogen and oxygen atoms in total. The fourth-order valence-electron chi connectivity index (χ4n) is 3.40. The average molecular weight is 380 g/mol. The summed E-state index contributed by atoms with van der Waals surface area (Å²) in [5.41, 5.74) is 0.0127. The van der Waals surface area contributed by atoms with Gasteiger partial charge in [0.05, 0.1) is 18.4 Å². The molecule has 2 fully saturated rings. The first-order valence-corrected chi connectivity index (χ1v) is 9.65. The lowest BCUT2D eigenvalue weighted by Gasteiger charge is -2.39. The molecule has 1 saturated heterocycles. The van der Waals surface area contributed by atoms with Crippen LogP contribution in [0.4, 0.5) is 4.79 Å². The molecule has 0 radical (unpaired) electrons. The van der Waals surface area contributed by atoms with Crippen LogP contribution in [0.1, 0.15) is 60.3 Å². The predicted molar refractivity (Wildman–Crippen MR) is 104 cm³/mol. The third-order valence-electron chi connectivity index (χ3n) is 4.73. The standard InChI is InChI=1S/C19H32N4O4/c1-6-26-17(24)16(22-20)12(2)21-14-9-10-23(15(11-14)13-7-8-13)18(25)27-19(3,4)5/h13-15H,6-11,20H2,1-5H3/b21-12?,22-16+. The molecule has 1 aliphatic carbocycles. The topological polar surface area (TPSA) is 107 Å². The SMILES string of the molecule is CCOC(=O)/C(=N/N)C(C)=NC1CCN(C(=O)OC(C)(C)C)C(C2CC2)C1. The summed E-state index contributed by atoms with van der Waals surface area (Å²) in [6.45, 7) is 9.91. The van der Waals surface area contributed by atoms with Gasteiger partial charge in [-0.15, -0.1) is 0 Å². The van der Waals surface area contributed by atoms with Crippen molar-refractivity contribution in [1.29, 1.82) is 0 Å². The van der Waals surface area contributed by atoms with Gasteiger partial charge in [-0.25, -0.2) is 9.59 Å². The van der Waals surface area contributed by atoms with Crippen LogP contribution in [0.2, 0.25) is 0 Å². The number of esters is 1. The van der Waals surface area contributed by atoms with Gasteiger partial charge < -0.3 is 20.2 Å². The van der Waals surface area contributed by atoms with Gasteiger partial charge in [-0.05, 0) is 66.2 Å². The molecule has 2 atom stereocenters. The van der Waals surface area contributed by atoms with E-state index < -0.39 is 11.6 Å². The minimum absolute atomic E-state index is 0.0143. The van der Waals surface area contributed by atoms with Crippen molar-refractivity contribution in [3.05, 3.63) is 0 Å². The highest BCUT2D eigenvalue weighted by molar-refractivity contribution is 6.65. The summed E-state index contributed by atoms with van der Waals surface area (Å²) >= 11 is 0. The molecule has 27 heavy (non-hydrogen) atoms. The second-order valence-corrected chi connectivity index (χ2v) is 8.17. The van der Waals surface area contributed by atoms with Gasteiger partial charge in [-0.1, -0.05) is 0 Å². The fourth-order valence-corrected chi connectivity index (χ4v) is 3.40. The van der Waals surface area contributed by atoms with Crippen LogP contribution in [0.5, 0.6) is 0 Å². The third kappa shape index (κ3) is 5.94. The number of rotatable bonds is 5. The number of piperidine rings is 1. The maximum Gasteiger partial charge on any atom is 0.410 e. The largest absolute Gasteiger partial charge is 0.461 e. The minimum Gasteiger partial charge on any atom is -0.461 e. The molecular weight excluding hydrogens is 348 g/mol. The highest BCUT2D eigenvalue weighted by atomic mass is 16.6. The molecule has 0 spiro atoms. The van der Waals surface area contributed by atoms with E-state index >= 15 is 0 Å². The Kier molecular flexibility index (Phi) is 6.84. The van der Waals surface area contributed by atoms with Gasteiger partial charge in [0.25, 0.3) is 0 Å². The van der Waals surface area contributed by atoms with Crippen molar-refractivity contribution in [3.8, 4) is 0 Å². The number of nitrogens with zero attached hydrogens (tertiary/aromatic N) is 3. The number of carbonyl (C=O) groups is 2. The van der Waals surface area contributed by atoms with Crippen LogP contribution in [-0.2, 0) is 14.3 Å². The Morgan fingerprint density at radius 1 is 1.22 bits per heavy atom. The Hall–Kier alpha value is -2.12. The summed E-state index contributed by atoms with van der Waals surface area (Å²) < 4.78 is 10.5. The van der Waals surface area contributed by atoms with E-state index in [9.17, 15) is 9.59 Å². The fraction of sp³-hybridized carbons (Fsp3) is 0.789. The summed E-state index contributed by atoms with van der Waals surface area (Å²) in [6.07, 6.45) is 3.45. The van der Waals surface area contributed by atoms with E-state index in [4.69, 9.17) is 15.3 Å². The Bertz CT molecular complexity index is 620. The van der Waals surface area contributed by atoms with Crippen molar-refractivity contribution in [1.82, 2.24) is 4.90 Å². The zero-order chi connectivity index (χ0) is 20.2. The summed E-state index contributed by atoms with van der Waals surface area (Å²) in [5, 5.41) is 3.55. The highest BCUT2D eigenvalue weighted by Gasteiger charge is 2.42. The molecule has 8 heteroatoms. The smallest absolute Gasteiger partial charge is 0.410 e. The number of carbonyl (C=O) groups excluding carboxylic acids is 2. The maximum atomic E-state index is 12.6. The molecule has 1 amide bonds. The number of hydrazone groups is 1. The average Bonchev–Trinajstić information content (AvgIpc) is 3.38. The summed E-state index contributed by atoms with van der Waals surface area (Å²) in [4.78, 5) is 31.0. The van der Waals surface area contributed by atoms with Crippen molar-refractivity contribution in [2.75, 3.05) is 13.2 Å². The quantitative estimate of drug-likeness (QED) is 0.341. The zero-order valence-corrected chi connectivity index (χ0v) is 17.0. The lowest BCUT2D eigenvalue weighted by atomic mass is 9.94. The second-order valence-electron chi connectivity index (χ2n) is 8.17. The molecule has 0 aromatic carbocycles. The van der Waals surface area contributed by atoms with Crippen molar-refractivity contribution in [2.45, 2.75) is 78.0 Å². The van der Waals surface area contributed by atoms with Gasteiger partial charge >= 0.3 is 12.1 Å². The first kappa shape index (κ1) is 21.2. The lowest BCUT2D eigenvalue weighted by Crippen LogP contribution is -2.50. The molecule has 0 aromatic heterocycles. The number of amides is 1. The monoisotopic (exact) mass is 380 g/mol. The van der Waals surface area contributed by atoms with Crippen LogP contribution in [0.15, 0.2) is 10.1 Å². The Morgan fingerprint density at radius 3 is 2.41 bits per heavy atom. The summed E-state index contributed by atoms with van der Waals surface area (Å²) in [6, 6.07) is 0.136. The predicted octanol–water partition coefficient (Wildman–Crippen LogP) is 2.50. The molecule has 1 aliphatic heterocycles. The van der Waals surface area contributed by atoms with E-state index in [0.717, 1.165) is 19.3 Å². The van der Waals surface area contributed by atoms with Crippen molar-refractivity contribution >= 4 is 23.5 Å². The van der Waals surface area contributed by atoms with E-state index in [0.29, 0.717) is 24.6 Å². The van der Waals surface area contributed by atoms with Crippen LogP contribution in [0.25, 0.3) is 0 Å². The first-order chi connectivity index (χ1) is 12.7. The molecule has 0 bridgehead atoms. The van der Waals surface area contributed by atoms with E-state index in [1.807, 2.05) is 25.7 Å². The molecule has 2 rings (SSSR count). The van der Waals surface area contributed by atoms with Crippen LogP contribution < -0.4 is 5.84 Å². The maximum absolute atomic E-state index is 12.6. The summed E-state index contributed by atoms with van der Waals surface area (Å²) in [5.74, 6) is 5.29. The second kappa shape index (κ2) is 8.71. The molecule has 2 N–H and O–H groups in total. The van der Waals surface area contributed by atoms with E-state index in [2.05, 4.69) is 10.1 Å². The third-order valence-corrected chi connectivity index (χ3v) is 4.73. The molecule has 152 valence electrons. The number of nitrogens with two attached hydrogens (primary N) is 1.